The molecule has 2 aliphatic carbocycles. The minimum Gasteiger partial charge on any atom is -0.0763 e. The zero-order chi connectivity index (χ0) is 17.1. The highest BCUT2D eigenvalue weighted by atomic mass is 14.2. The number of allylic oxidation sites excluding steroid dienone is 4. The molecule has 0 bridgehead atoms. The Morgan fingerprint density at radius 3 is 2.28 bits per heavy atom. The van der Waals surface area contributed by atoms with Gasteiger partial charge < -0.3 is 0 Å². The molecule has 0 saturated carbocycles. The number of fused-ring (bicyclic) bond motifs is 2. The fourth-order valence-corrected chi connectivity index (χ4v) is 4.57. The summed E-state index contributed by atoms with van der Waals surface area (Å²) in [4.78, 5) is 0. The van der Waals surface area contributed by atoms with Crippen molar-refractivity contribution in [2.75, 3.05) is 0 Å². The summed E-state index contributed by atoms with van der Waals surface area (Å²) in [6.07, 6.45) is 13.6. The van der Waals surface area contributed by atoms with Gasteiger partial charge in [0.2, 0.25) is 0 Å². The minimum absolute atomic E-state index is 0.730. The van der Waals surface area contributed by atoms with E-state index >= 15 is 0 Å². The van der Waals surface area contributed by atoms with Gasteiger partial charge in [0.15, 0.2) is 0 Å². The lowest BCUT2D eigenvalue weighted by atomic mass is 9.87. The van der Waals surface area contributed by atoms with Crippen LogP contribution in [0.2, 0.25) is 0 Å². The summed E-state index contributed by atoms with van der Waals surface area (Å²) < 4.78 is 0. The molecule has 0 spiro atoms. The number of hydrogen-bond donors (Lipinski definition) is 0. The summed E-state index contributed by atoms with van der Waals surface area (Å²) in [5.74, 6) is 0.730. The molecule has 25 heavy (non-hydrogen) atoms. The third-order valence-electron chi connectivity index (χ3n) is 5.98. The van der Waals surface area contributed by atoms with Gasteiger partial charge in [-0.25, -0.2) is 0 Å². The summed E-state index contributed by atoms with van der Waals surface area (Å²) in [5.41, 5.74) is 9.24. The Kier molecular flexibility index (Phi) is 4.88. The summed E-state index contributed by atoms with van der Waals surface area (Å²) in [5, 5.41) is 0. The Labute approximate surface area is 152 Å². The highest BCUT2D eigenvalue weighted by molar-refractivity contribution is 5.74. The molecule has 0 heteroatoms. The molecule has 0 amide bonds. The third kappa shape index (κ3) is 3.35. The van der Waals surface area contributed by atoms with Gasteiger partial charge in [-0.15, -0.1) is 0 Å². The summed E-state index contributed by atoms with van der Waals surface area (Å²) >= 11 is 0. The van der Waals surface area contributed by atoms with Gasteiger partial charge in [0.05, 0.1) is 0 Å². The smallest absolute Gasteiger partial charge is 0.00853 e. The fourth-order valence-electron chi connectivity index (χ4n) is 4.57. The Balaban J connectivity index is 1.31. The van der Waals surface area contributed by atoms with Crippen molar-refractivity contribution in [1.82, 2.24) is 0 Å². The molecule has 0 N–H and O–H groups in total. The van der Waals surface area contributed by atoms with Crippen molar-refractivity contribution in [3.63, 3.8) is 0 Å². The summed E-state index contributed by atoms with van der Waals surface area (Å²) in [7, 11) is 0. The van der Waals surface area contributed by atoms with E-state index in [9.17, 15) is 0 Å². The molecule has 2 aliphatic rings. The van der Waals surface area contributed by atoms with E-state index in [2.05, 4.69) is 67.6 Å². The van der Waals surface area contributed by atoms with Crippen molar-refractivity contribution >= 4 is 11.1 Å². The molecule has 1 atom stereocenters. The van der Waals surface area contributed by atoms with Crippen LogP contribution in [0.1, 0.15) is 61.3 Å². The number of unbranched alkanes of at least 4 members (excludes halogenated alkanes) is 1. The predicted octanol–water partition coefficient (Wildman–Crippen LogP) is 6.85. The third-order valence-corrected chi connectivity index (χ3v) is 5.98. The van der Waals surface area contributed by atoms with E-state index in [0.29, 0.717) is 0 Å². The monoisotopic (exact) mass is 328 g/mol. The van der Waals surface area contributed by atoms with Gasteiger partial charge in [0.25, 0.3) is 0 Å². The molecule has 4 rings (SSSR count). The van der Waals surface area contributed by atoms with E-state index in [4.69, 9.17) is 0 Å². The van der Waals surface area contributed by atoms with Crippen LogP contribution >= 0.6 is 0 Å². The average molecular weight is 328 g/mol. The van der Waals surface area contributed by atoms with Crippen molar-refractivity contribution in [1.29, 1.82) is 0 Å². The standard InChI is InChI=1S/C25H28/c1-2-19(25-18-17-22-12-6-8-14-24(22)25)9-3-4-10-20-15-16-21-11-5-7-13-23(20)21/h5-8,11-15,18-19H,2-4,9-10,16-17H2,1H3. The van der Waals surface area contributed by atoms with Crippen LogP contribution in [0.15, 0.2) is 60.7 Å². The summed E-state index contributed by atoms with van der Waals surface area (Å²) in [6.45, 7) is 2.35. The van der Waals surface area contributed by atoms with Gasteiger partial charge in [0.1, 0.15) is 0 Å². The lowest BCUT2D eigenvalue weighted by molar-refractivity contribution is 0.547. The van der Waals surface area contributed by atoms with E-state index in [1.54, 1.807) is 11.1 Å². The molecular weight excluding hydrogens is 300 g/mol. The second-order valence-electron chi connectivity index (χ2n) is 7.46. The molecule has 0 aromatic heterocycles. The van der Waals surface area contributed by atoms with E-state index in [1.807, 2.05) is 0 Å². The average Bonchev–Trinajstić information content (AvgIpc) is 3.26. The molecule has 0 heterocycles. The molecule has 2 aromatic rings. The second kappa shape index (κ2) is 7.44. The highest BCUT2D eigenvalue weighted by Gasteiger charge is 2.20. The largest absolute Gasteiger partial charge is 0.0763 e. The first-order valence-corrected chi connectivity index (χ1v) is 9.92. The minimum atomic E-state index is 0.730. The first-order chi connectivity index (χ1) is 12.4. The van der Waals surface area contributed by atoms with Gasteiger partial charge in [-0.2, -0.15) is 0 Å². The van der Waals surface area contributed by atoms with Gasteiger partial charge >= 0.3 is 0 Å². The van der Waals surface area contributed by atoms with Gasteiger partial charge in [-0.3, -0.25) is 0 Å². The maximum absolute atomic E-state index is 2.48. The molecular formula is C25H28. The first kappa shape index (κ1) is 16.4. The lowest BCUT2D eigenvalue weighted by Crippen LogP contribution is -2.02. The van der Waals surface area contributed by atoms with Crippen LogP contribution in [0.25, 0.3) is 11.1 Å². The van der Waals surface area contributed by atoms with Crippen LogP contribution in [0, 0.1) is 5.92 Å². The molecule has 1 unspecified atom stereocenters. The van der Waals surface area contributed by atoms with Crippen molar-refractivity contribution < 1.29 is 0 Å². The van der Waals surface area contributed by atoms with Gasteiger partial charge in [-0.1, -0.05) is 74.0 Å². The van der Waals surface area contributed by atoms with E-state index in [1.165, 1.54) is 54.4 Å². The number of benzene rings is 2. The second-order valence-corrected chi connectivity index (χ2v) is 7.46. The summed E-state index contributed by atoms with van der Waals surface area (Å²) in [6, 6.07) is 17.9. The fraction of sp³-hybridized carbons (Fsp3) is 0.360. The molecule has 128 valence electrons. The van der Waals surface area contributed by atoms with Crippen molar-refractivity contribution in [2.45, 2.75) is 51.9 Å². The van der Waals surface area contributed by atoms with Crippen LogP contribution in [0.5, 0.6) is 0 Å². The maximum atomic E-state index is 2.48. The van der Waals surface area contributed by atoms with Crippen molar-refractivity contribution in [2.24, 2.45) is 5.92 Å². The predicted molar refractivity (Wildman–Crippen MR) is 108 cm³/mol. The first-order valence-electron chi connectivity index (χ1n) is 9.92. The quantitative estimate of drug-likeness (QED) is 0.487. The van der Waals surface area contributed by atoms with Crippen LogP contribution in [-0.4, -0.2) is 0 Å². The Morgan fingerprint density at radius 1 is 0.800 bits per heavy atom. The zero-order valence-electron chi connectivity index (χ0n) is 15.3. The number of hydrogen-bond acceptors (Lipinski definition) is 0. The molecule has 2 aromatic carbocycles. The van der Waals surface area contributed by atoms with Crippen molar-refractivity contribution in [3.05, 3.63) is 82.9 Å². The Morgan fingerprint density at radius 2 is 1.48 bits per heavy atom. The van der Waals surface area contributed by atoms with E-state index < -0.39 is 0 Å². The maximum Gasteiger partial charge on any atom is -0.00853 e. The van der Waals surface area contributed by atoms with Gasteiger partial charge in [0, 0.05) is 0 Å². The Hall–Kier alpha value is -2.08. The van der Waals surface area contributed by atoms with E-state index in [-0.39, 0.29) is 0 Å². The van der Waals surface area contributed by atoms with E-state index in [0.717, 1.165) is 18.8 Å². The normalized spacial score (nSPS) is 16.2. The molecule has 0 fully saturated rings. The highest BCUT2D eigenvalue weighted by Crippen LogP contribution is 2.37. The Bertz CT molecular complexity index is 806. The lowest BCUT2D eigenvalue weighted by Gasteiger charge is -2.18. The molecule has 0 nitrogen and oxygen atoms in total. The molecule has 0 aliphatic heterocycles. The number of rotatable bonds is 7. The molecule has 0 radical (unpaired) electrons. The molecule has 0 saturated heterocycles. The SMILES string of the molecule is CCC(CCCCC1=CCc2ccccc21)C1=CCc2ccccc21. The van der Waals surface area contributed by atoms with Crippen molar-refractivity contribution in [3.8, 4) is 0 Å². The van der Waals surface area contributed by atoms with Crippen LogP contribution in [0.4, 0.5) is 0 Å². The van der Waals surface area contributed by atoms with Crippen LogP contribution in [0.3, 0.4) is 0 Å². The van der Waals surface area contributed by atoms with Gasteiger partial charge in [-0.05, 0) is 77.8 Å². The topological polar surface area (TPSA) is 0 Å². The van der Waals surface area contributed by atoms with Crippen LogP contribution < -0.4 is 0 Å². The van der Waals surface area contributed by atoms with Crippen LogP contribution in [-0.2, 0) is 12.8 Å². The zero-order valence-corrected chi connectivity index (χ0v) is 15.3.